The molecule has 282 valence electrons. The molecule has 0 spiro atoms. The number of benzene rings is 6. The minimum atomic E-state index is 0. The maximum atomic E-state index is 5.99. The molecule has 0 saturated heterocycles. The molecule has 0 fully saturated rings. The van der Waals surface area contributed by atoms with Crippen molar-refractivity contribution in [3.63, 3.8) is 0 Å². The lowest BCUT2D eigenvalue weighted by atomic mass is 10.0. The number of aromatic nitrogens is 8. The van der Waals surface area contributed by atoms with Gasteiger partial charge in [-0.15, -0.1) is 0 Å². The van der Waals surface area contributed by atoms with E-state index >= 15 is 0 Å². The first-order chi connectivity index (χ1) is 26.6. The van der Waals surface area contributed by atoms with Crippen molar-refractivity contribution < 1.29 is 53.4 Å². The van der Waals surface area contributed by atoms with E-state index in [0.29, 0.717) is 34.5 Å². The van der Waals surface area contributed by atoms with Gasteiger partial charge in [-0.3, -0.25) is 0 Å². The van der Waals surface area contributed by atoms with Gasteiger partial charge in [0.25, 0.3) is 0 Å². The Hall–Kier alpha value is -6.76. The zero-order chi connectivity index (χ0) is 37.0. The summed E-state index contributed by atoms with van der Waals surface area (Å²) in [5, 5.41) is 19.7. The summed E-state index contributed by atoms with van der Waals surface area (Å²) in [6.45, 7) is 0. The predicted molar refractivity (Wildman–Crippen MR) is 202 cm³/mol. The molecular weight excluding hydrogens is 751 g/mol. The van der Waals surface area contributed by atoms with Gasteiger partial charge in [-0.05, 0) is 140 Å². The molecule has 6 aromatic carbocycles. The average molecular weight is 788 g/mol. The maximum Gasteiger partial charge on any atom is 0.340 e. The number of tetrazole rings is 2. The summed E-state index contributed by atoms with van der Waals surface area (Å²) in [5.41, 5.74) is 6.61. The van der Waals surface area contributed by atoms with E-state index in [1.165, 1.54) is 0 Å². The van der Waals surface area contributed by atoms with E-state index in [0.717, 1.165) is 45.1 Å². The minimum Gasteiger partial charge on any atom is -1.00 e. The van der Waals surface area contributed by atoms with E-state index in [1.54, 1.807) is 47.6 Å². The Morgan fingerprint density at radius 3 is 1.11 bits per heavy atom. The van der Waals surface area contributed by atoms with Crippen LogP contribution in [0.4, 0.5) is 0 Å². The smallest absolute Gasteiger partial charge is 0.340 e. The summed E-state index contributed by atoms with van der Waals surface area (Å²) in [5.74, 6) is 3.81. The van der Waals surface area contributed by atoms with Gasteiger partial charge in [0.05, 0.1) is 49.8 Å². The number of nitrogens with zero attached hydrogens (tertiary/aromatic N) is 8. The Morgan fingerprint density at radius 1 is 0.411 bits per heavy atom. The SMILES string of the molecule is COc1ccc(-c2nn(-c3ccccc3)[n+](-c3ccc(-c4ccc(-[n+]5nc(-c6ccc(OC)cc6)nn5-c5ccccc5)c(OC)c4)cc3OC)n2)cc1.[Cl-].[Cl-]. The van der Waals surface area contributed by atoms with Crippen LogP contribution in [0.5, 0.6) is 23.0 Å². The molecule has 8 aromatic rings. The average Bonchev–Trinajstić information content (AvgIpc) is 3.90. The quantitative estimate of drug-likeness (QED) is 0.174. The molecule has 12 nitrogen and oxygen atoms in total. The molecule has 14 heteroatoms. The van der Waals surface area contributed by atoms with E-state index in [-0.39, 0.29) is 24.8 Å². The molecule has 0 amide bonds. The molecule has 0 N–H and O–H groups in total. The summed E-state index contributed by atoms with van der Waals surface area (Å²) < 4.78 is 22.7. The van der Waals surface area contributed by atoms with E-state index in [1.807, 2.05) is 146 Å². The number of methoxy groups -OCH3 is 4. The first-order valence-corrected chi connectivity index (χ1v) is 17.1. The van der Waals surface area contributed by atoms with Crippen LogP contribution in [0.1, 0.15) is 0 Å². The molecule has 0 atom stereocenters. The van der Waals surface area contributed by atoms with Gasteiger partial charge >= 0.3 is 11.6 Å². The summed E-state index contributed by atoms with van der Waals surface area (Å²) in [6.07, 6.45) is 0. The second-order valence-electron chi connectivity index (χ2n) is 12.1. The summed E-state index contributed by atoms with van der Waals surface area (Å²) in [6, 6.07) is 47.0. The highest BCUT2D eigenvalue weighted by molar-refractivity contribution is 5.70. The van der Waals surface area contributed by atoms with Gasteiger partial charge in [-0.25, -0.2) is 0 Å². The molecule has 0 aliphatic carbocycles. The molecule has 0 bridgehead atoms. The normalized spacial score (nSPS) is 10.6. The van der Waals surface area contributed by atoms with Crippen molar-refractivity contribution in [3.8, 4) is 79.7 Å². The van der Waals surface area contributed by atoms with E-state index in [2.05, 4.69) is 0 Å². The number of ether oxygens (including phenoxy) is 4. The van der Waals surface area contributed by atoms with Crippen molar-refractivity contribution in [2.75, 3.05) is 28.4 Å². The van der Waals surface area contributed by atoms with Crippen LogP contribution in [0.2, 0.25) is 0 Å². The first-order valence-electron chi connectivity index (χ1n) is 17.1. The number of rotatable bonds is 11. The second-order valence-corrected chi connectivity index (χ2v) is 12.1. The Labute approximate surface area is 335 Å². The van der Waals surface area contributed by atoms with Crippen molar-refractivity contribution in [3.05, 3.63) is 146 Å². The number of hydrogen-bond donors (Lipinski definition) is 0. The molecule has 8 rings (SSSR count). The standard InChI is InChI=1S/C42H36N8O4.2ClH/c1-51-35-21-15-29(16-22-35)41-43-47(33-11-7-5-8-12-33)49(45-41)37-25-19-31(27-39(37)53-3)32-20-26-38(40(28-32)54-4)50-46-42(30-17-23-36(52-2)24-18-30)44-48(50)34-13-9-6-10-14-34;;/h5-28H,1-4H3;2*1H/q+2;;/p-2. The van der Waals surface area contributed by atoms with E-state index in [9.17, 15) is 0 Å². The summed E-state index contributed by atoms with van der Waals surface area (Å²) in [4.78, 5) is 7.01. The molecule has 0 radical (unpaired) electrons. The highest BCUT2D eigenvalue weighted by Gasteiger charge is 2.28. The van der Waals surface area contributed by atoms with Gasteiger partial charge in [-0.1, -0.05) is 36.4 Å². The molecule has 2 aromatic heterocycles. The largest absolute Gasteiger partial charge is 1.00 e. The third-order valence-corrected chi connectivity index (χ3v) is 8.91. The molecular formula is C42H36Cl2N8O4. The third kappa shape index (κ3) is 7.61. The van der Waals surface area contributed by atoms with Crippen molar-refractivity contribution >= 4 is 0 Å². The molecule has 0 aliphatic heterocycles. The zero-order valence-corrected chi connectivity index (χ0v) is 32.3. The van der Waals surface area contributed by atoms with Crippen LogP contribution < -0.4 is 53.4 Å². The summed E-state index contributed by atoms with van der Waals surface area (Å²) in [7, 11) is 6.58. The Balaban J connectivity index is 0.00000266. The Morgan fingerprint density at radius 2 is 0.768 bits per heavy atom. The fourth-order valence-corrected chi connectivity index (χ4v) is 6.09. The lowest BCUT2D eigenvalue weighted by Gasteiger charge is -2.11. The van der Waals surface area contributed by atoms with Gasteiger partial charge in [0.2, 0.25) is 11.4 Å². The predicted octanol–water partition coefficient (Wildman–Crippen LogP) is 0.445. The molecule has 0 aliphatic rings. The van der Waals surface area contributed by atoms with Crippen molar-refractivity contribution in [1.82, 2.24) is 30.0 Å². The fraction of sp³-hybridized carbons (Fsp3) is 0.0952. The van der Waals surface area contributed by atoms with Crippen LogP contribution in [-0.4, -0.2) is 58.4 Å². The Kier molecular flexibility index (Phi) is 11.9. The lowest BCUT2D eigenvalue weighted by molar-refractivity contribution is -0.734. The molecule has 56 heavy (non-hydrogen) atoms. The highest BCUT2D eigenvalue weighted by Crippen LogP contribution is 2.32. The monoisotopic (exact) mass is 786 g/mol. The van der Waals surface area contributed by atoms with Crippen LogP contribution in [0.15, 0.2) is 146 Å². The van der Waals surface area contributed by atoms with Gasteiger partial charge in [0, 0.05) is 9.59 Å². The van der Waals surface area contributed by atoms with Crippen LogP contribution in [0.3, 0.4) is 0 Å². The zero-order valence-electron chi connectivity index (χ0n) is 30.8. The van der Waals surface area contributed by atoms with Crippen molar-refractivity contribution in [2.24, 2.45) is 0 Å². The Bertz CT molecular complexity index is 2370. The van der Waals surface area contributed by atoms with Gasteiger partial charge in [-0.2, -0.15) is 0 Å². The highest BCUT2D eigenvalue weighted by atomic mass is 35.5. The number of halogens is 2. The van der Waals surface area contributed by atoms with Gasteiger partial charge in [0.15, 0.2) is 11.5 Å². The third-order valence-electron chi connectivity index (χ3n) is 8.91. The topological polar surface area (TPSA) is 106 Å². The molecule has 2 heterocycles. The van der Waals surface area contributed by atoms with E-state index < -0.39 is 0 Å². The number of hydrogen-bond acceptors (Lipinski definition) is 8. The van der Waals surface area contributed by atoms with Crippen LogP contribution >= 0.6 is 0 Å². The first kappa shape index (κ1) is 38.9. The van der Waals surface area contributed by atoms with Crippen molar-refractivity contribution in [2.45, 2.75) is 0 Å². The summed E-state index contributed by atoms with van der Waals surface area (Å²) >= 11 is 0. The maximum absolute atomic E-state index is 5.99. The number of para-hydroxylation sites is 2. The van der Waals surface area contributed by atoms with Crippen molar-refractivity contribution in [1.29, 1.82) is 0 Å². The molecule has 0 unspecified atom stereocenters. The van der Waals surface area contributed by atoms with Gasteiger partial charge in [0.1, 0.15) is 22.9 Å². The second kappa shape index (κ2) is 17.1. The van der Waals surface area contributed by atoms with Crippen LogP contribution in [-0.2, 0) is 0 Å². The minimum absolute atomic E-state index is 0. The lowest BCUT2D eigenvalue weighted by Crippen LogP contribution is -3.00. The fourth-order valence-electron chi connectivity index (χ4n) is 6.09. The van der Waals surface area contributed by atoms with Crippen LogP contribution in [0, 0.1) is 0 Å². The molecule has 0 saturated carbocycles. The van der Waals surface area contributed by atoms with E-state index in [4.69, 9.17) is 39.3 Å². The van der Waals surface area contributed by atoms with Crippen LogP contribution in [0.25, 0.3) is 56.7 Å². The van der Waals surface area contributed by atoms with Gasteiger partial charge < -0.3 is 43.8 Å².